The molecule has 6 rings (SSSR count). The van der Waals surface area contributed by atoms with Gasteiger partial charge >= 0.3 is 0 Å². The highest BCUT2D eigenvalue weighted by atomic mass is 35.5. The van der Waals surface area contributed by atoms with Crippen molar-refractivity contribution in [1.29, 1.82) is 0 Å². The number of fused-ring (bicyclic) bond motifs is 1. The first-order chi connectivity index (χ1) is 19.1. The molecule has 2 heterocycles. The van der Waals surface area contributed by atoms with E-state index in [1.807, 2.05) is 51.9 Å². The van der Waals surface area contributed by atoms with Gasteiger partial charge in [0.15, 0.2) is 11.0 Å². The number of amides is 1. The first-order valence-corrected chi connectivity index (χ1v) is 14.3. The van der Waals surface area contributed by atoms with E-state index in [2.05, 4.69) is 52.7 Å². The van der Waals surface area contributed by atoms with Crippen LogP contribution in [0.15, 0.2) is 102 Å². The van der Waals surface area contributed by atoms with Crippen LogP contribution >= 0.6 is 35.0 Å². The molecule has 0 radical (unpaired) electrons. The number of rotatable bonds is 7. The number of thioether (sulfide) groups is 1. The smallest absolute Gasteiger partial charge is 0.237 e. The Kier molecular flexibility index (Phi) is 7.42. The van der Waals surface area contributed by atoms with Crippen LogP contribution in [0.5, 0.6) is 0 Å². The second-order valence-electron chi connectivity index (χ2n) is 9.30. The molecule has 4 aromatic carbocycles. The lowest BCUT2D eigenvalue weighted by Gasteiger charge is -2.18. The van der Waals surface area contributed by atoms with Crippen molar-refractivity contribution >= 4 is 46.6 Å². The summed E-state index contributed by atoms with van der Waals surface area (Å²) in [6.45, 7) is 1.22. The zero-order chi connectivity index (χ0) is 26.8. The molecule has 1 aliphatic rings. The molecular weight excluding hydrogens is 547 g/mol. The number of carbonyl (C=O) groups is 1. The monoisotopic (exact) mass is 570 g/mol. The number of hydrogen-bond donors (Lipinski definition) is 0. The number of hydrogen-bond acceptors (Lipinski definition) is 4. The van der Waals surface area contributed by atoms with E-state index in [4.69, 9.17) is 23.2 Å². The number of carbonyl (C=O) groups excluding carboxylic acids is 1. The van der Waals surface area contributed by atoms with Crippen LogP contribution in [0.25, 0.3) is 22.5 Å². The van der Waals surface area contributed by atoms with Crippen molar-refractivity contribution in [3.8, 4) is 22.5 Å². The van der Waals surface area contributed by atoms with Crippen molar-refractivity contribution in [3.05, 3.63) is 118 Å². The van der Waals surface area contributed by atoms with Crippen molar-refractivity contribution < 1.29 is 4.79 Å². The SMILES string of the molecule is O=C(CSc1nnc(-c2ccc(Cl)cc2Cl)n1Cc1ccccc1)N1CCc2cc(-c3ccccc3)ccc21. The second kappa shape index (κ2) is 11.3. The van der Waals surface area contributed by atoms with Gasteiger partial charge in [-0.3, -0.25) is 9.36 Å². The summed E-state index contributed by atoms with van der Waals surface area (Å²) >= 11 is 14.0. The van der Waals surface area contributed by atoms with E-state index >= 15 is 0 Å². The minimum atomic E-state index is 0.0477. The average Bonchev–Trinajstić information content (AvgIpc) is 3.56. The fraction of sp³-hybridized carbons (Fsp3) is 0.129. The van der Waals surface area contributed by atoms with E-state index < -0.39 is 0 Å². The predicted octanol–water partition coefficient (Wildman–Crippen LogP) is 7.65. The Morgan fingerprint density at radius 3 is 2.38 bits per heavy atom. The second-order valence-corrected chi connectivity index (χ2v) is 11.1. The summed E-state index contributed by atoms with van der Waals surface area (Å²) in [5.74, 6) is 0.934. The highest BCUT2D eigenvalue weighted by Crippen LogP contribution is 2.35. The molecule has 0 unspecified atom stereocenters. The Labute approximate surface area is 241 Å². The molecule has 5 aromatic rings. The molecule has 1 amide bonds. The average molecular weight is 572 g/mol. The molecule has 8 heteroatoms. The molecule has 0 aliphatic carbocycles. The van der Waals surface area contributed by atoms with Crippen LogP contribution in [0.4, 0.5) is 5.69 Å². The van der Waals surface area contributed by atoms with Crippen LogP contribution in [-0.4, -0.2) is 33.0 Å². The molecule has 0 fully saturated rings. The van der Waals surface area contributed by atoms with E-state index in [9.17, 15) is 4.79 Å². The normalized spacial score (nSPS) is 12.5. The zero-order valence-electron chi connectivity index (χ0n) is 20.9. The first-order valence-electron chi connectivity index (χ1n) is 12.6. The van der Waals surface area contributed by atoms with Crippen molar-refractivity contribution in [1.82, 2.24) is 14.8 Å². The standard InChI is InChI=1S/C31H24Cl2N4OS/c32-25-12-13-26(27(33)18-25)30-34-35-31(37(30)19-21-7-3-1-4-8-21)39-20-29(38)36-16-15-24-17-23(11-14-28(24)36)22-9-5-2-6-10-22/h1-14,17-18H,15-16,19-20H2. The fourth-order valence-electron chi connectivity index (χ4n) is 4.85. The summed E-state index contributed by atoms with van der Waals surface area (Å²) in [6, 6.07) is 32.1. The van der Waals surface area contributed by atoms with Crippen molar-refractivity contribution in [2.45, 2.75) is 18.1 Å². The highest BCUT2D eigenvalue weighted by molar-refractivity contribution is 7.99. The van der Waals surface area contributed by atoms with Gasteiger partial charge in [-0.25, -0.2) is 0 Å². The van der Waals surface area contributed by atoms with E-state index in [0.29, 0.717) is 34.1 Å². The van der Waals surface area contributed by atoms with Crippen LogP contribution in [0.2, 0.25) is 10.0 Å². The number of nitrogens with zero attached hydrogens (tertiary/aromatic N) is 4. The van der Waals surface area contributed by atoms with Crippen LogP contribution in [0.1, 0.15) is 11.1 Å². The molecular formula is C31H24Cl2N4OS. The molecule has 0 saturated carbocycles. The third-order valence-electron chi connectivity index (χ3n) is 6.78. The molecule has 1 aromatic heterocycles. The fourth-order valence-corrected chi connectivity index (χ4v) is 6.16. The van der Waals surface area contributed by atoms with Crippen molar-refractivity contribution in [3.63, 3.8) is 0 Å². The lowest BCUT2D eigenvalue weighted by Crippen LogP contribution is -2.30. The summed E-state index contributed by atoms with van der Waals surface area (Å²) < 4.78 is 2.01. The lowest BCUT2D eigenvalue weighted by atomic mass is 10.0. The molecule has 39 heavy (non-hydrogen) atoms. The van der Waals surface area contributed by atoms with Gasteiger partial charge in [0.05, 0.1) is 17.3 Å². The van der Waals surface area contributed by atoms with Crippen LogP contribution in [0, 0.1) is 0 Å². The van der Waals surface area contributed by atoms with E-state index in [0.717, 1.165) is 23.2 Å². The third-order valence-corrected chi connectivity index (χ3v) is 8.28. The summed E-state index contributed by atoms with van der Waals surface area (Å²) in [5, 5.41) is 10.6. The molecule has 1 aliphatic heterocycles. The highest BCUT2D eigenvalue weighted by Gasteiger charge is 2.26. The van der Waals surface area contributed by atoms with E-state index in [-0.39, 0.29) is 11.7 Å². The quantitative estimate of drug-likeness (QED) is 0.188. The maximum absolute atomic E-state index is 13.4. The predicted molar refractivity (Wildman–Crippen MR) is 160 cm³/mol. The molecule has 0 saturated heterocycles. The summed E-state index contributed by atoms with van der Waals surface area (Å²) in [4.78, 5) is 15.3. The minimum Gasteiger partial charge on any atom is -0.311 e. The minimum absolute atomic E-state index is 0.0477. The summed E-state index contributed by atoms with van der Waals surface area (Å²) in [6.07, 6.45) is 0.843. The topological polar surface area (TPSA) is 51.0 Å². The Morgan fingerprint density at radius 1 is 0.846 bits per heavy atom. The molecule has 0 bridgehead atoms. The lowest BCUT2D eigenvalue weighted by molar-refractivity contribution is -0.116. The number of benzene rings is 4. The number of anilines is 1. The zero-order valence-corrected chi connectivity index (χ0v) is 23.3. The van der Waals surface area contributed by atoms with Crippen LogP contribution in [0.3, 0.4) is 0 Å². The molecule has 0 spiro atoms. The van der Waals surface area contributed by atoms with E-state index in [1.54, 1.807) is 12.1 Å². The maximum atomic E-state index is 13.4. The Bertz CT molecular complexity index is 1640. The van der Waals surface area contributed by atoms with Gasteiger partial charge in [-0.1, -0.05) is 102 Å². The van der Waals surface area contributed by atoms with Crippen molar-refractivity contribution in [2.24, 2.45) is 0 Å². The van der Waals surface area contributed by atoms with Gasteiger partial charge < -0.3 is 4.90 Å². The molecule has 5 nitrogen and oxygen atoms in total. The van der Waals surface area contributed by atoms with Gasteiger partial charge in [-0.05, 0) is 59.0 Å². The van der Waals surface area contributed by atoms with Gasteiger partial charge in [-0.2, -0.15) is 0 Å². The maximum Gasteiger partial charge on any atom is 0.237 e. The van der Waals surface area contributed by atoms with E-state index in [1.165, 1.54) is 28.5 Å². The molecule has 0 N–H and O–H groups in total. The van der Waals surface area contributed by atoms with Gasteiger partial charge in [-0.15, -0.1) is 10.2 Å². The number of aromatic nitrogens is 3. The summed E-state index contributed by atoms with van der Waals surface area (Å²) in [7, 11) is 0. The Morgan fingerprint density at radius 2 is 1.62 bits per heavy atom. The Balaban J connectivity index is 1.23. The molecule has 0 atom stereocenters. The van der Waals surface area contributed by atoms with Gasteiger partial charge in [0.2, 0.25) is 5.91 Å². The van der Waals surface area contributed by atoms with Crippen LogP contribution in [-0.2, 0) is 17.8 Å². The first kappa shape index (κ1) is 25.7. The van der Waals surface area contributed by atoms with Crippen LogP contribution < -0.4 is 4.90 Å². The molecule has 194 valence electrons. The van der Waals surface area contributed by atoms with Gasteiger partial charge in [0.1, 0.15) is 0 Å². The largest absolute Gasteiger partial charge is 0.311 e. The Hall–Kier alpha value is -3.58. The number of halogens is 2. The summed E-state index contributed by atoms with van der Waals surface area (Å²) in [5.41, 5.74) is 6.36. The third kappa shape index (κ3) is 5.46. The van der Waals surface area contributed by atoms with Crippen molar-refractivity contribution in [2.75, 3.05) is 17.2 Å². The van der Waals surface area contributed by atoms with Gasteiger partial charge in [0, 0.05) is 22.8 Å². The van der Waals surface area contributed by atoms with Gasteiger partial charge in [0.25, 0.3) is 0 Å².